The second-order valence-electron chi connectivity index (χ2n) is 4.59. The molecule has 0 amide bonds. The van der Waals surface area contributed by atoms with Gasteiger partial charge < -0.3 is 15.2 Å². The van der Waals surface area contributed by atoms with Crippen LogP contribution >= 0.6 is 0 Å². The standard InChI is InChI=1S/C15H16N2O2/c1-2-12-15-10(9-18-12)4-3-5-13(15)19-14-7-6-11(16)8-17-14/h3,5-9,12H,2,4,16H2,1H3. The molecule has 0 aromatic carbocycles. The Kier molecular flexibility index (Phi) is 2.99. The quantitative estimate of drug-likeness (QED) is 0.903. The van der Waals surface area contributed by atoms with E-state index in [-0.39, 0.29) is 6.10 Å². The van der Waals surface area contributed by atoms with Crippen LogP contribution in [-0.4, -0.2) is 11.1 Å². The van der Waals surface area contributed by atoms with E-state index in [1.807, 2.05) is 12.3 Å². The van der Waals surface area contributed by atoms with Gasteiger partial charge in [-0.05, 0) is 25.0 Å². The van der Waals surface area contributed by atoms with Gasteiger partial charge in [0.15, 0.2) is 0 Å². The van der Waals surface area contributed by atoms with Crippen LogP contribution in [0.2, 0.25) is 0 Å². The van der Waals surface area contributed by atoms with Gasteiger partial charge in [-0.15, -0.1) is 0 Å². The van der Waals surface area contributed by atoms with E-state index in [9.17, 15) is 0 Å². The Hall–Kier alpha value is -2.23. The molecular weight excluding hydrogens is 240 g/mol. The first-order valence-corrected chi connectivity index (χ1v) is 6.43. The van der Waals surface area contributed by atoms with E-state index in [1.54, 1.807) is 18.3 Å². The van der Waals surface area contributed by atoms with Crippen LogP contribution in [0.25, 0.3) is 0 Å². The van der Waals surface area contributed by atoms with Crippen molar-refractivity contribution in [1.82, 2.24) is 4.98 Å². The molecule has 0 bridgehead atoms. The molecule has 4 heteroatoms. The van der Waals surface area contributed by atoms with Crippen LogP contribution in [0.1, 0.15) is 19.8 Å². The molecule has 3 rings (SSSR count). The largest absolute Gasteiger partial charge is 0.493 e. The molecular formula is C15H16N2O2. The normalized spacial score (nSPS) is 20.9. The van der Waals surface area contributed by atoms with Gasteiger partial charge >= 0.3 is 0 Å². The molecule has 0 radical (unpaired) electrons. The van der Waals surface area contributed by atoms with Gasteiger partial charge in [0.1, 0.15) is 11.9 Å². The van der Waals surface area contributed by atoms with E-state index in [0.717, 1.165) is 24.2 Å². The molecule has 98 valence electrons. The monoisotopic (exact) mass is 256 g/mol. The summed E-state index contributed by atoms with van der Waals surface area (Å²) in [5.41, 5.74) is 8.58. The number of aromatic nitrogens is 1. The number of fused-ring (bicyclic) bond motifs is 1. The van der Waals surface area contributed by atoms with E-state index < -0.39 is 0 Å². The first kappa shape index (κ1) is 11.8. The minimum absolute atomic E-state index is 0.0868. The molecule has 1 aliphatic heterocycles. The number of hydrogen-bond acceptors (Lipinski definition) is 4. The SMILES string of the molecule is CCC1OC=C2CC=CC(Oc3ccc(N)cn3)=C21. The number of rotatable bonds is 3. The summed E-state index contributed by atoms with van der Waals surface area (Å²) >= 11 is 0. The Morgan fingerprint density at radius 1 is 1.47 bits per heavy atom. The molecule has 0 spiro atoms. The van der Waals surface area contributed by atoms with Gasteiger partial charge in [0, 0.05) is 17.2 Å². The van der Waals surface area contributed by atoms with Gasteiger partial charge in [-0.3, -0.25) is 0 Å². The summed E-state index contributed by atoms with van der Waals surface area (Å²) in [6.07, 6.45) is 9.40. The molecule has 1 aliphatic carbocycles. The van der Waals surface area contributed by atoms with E-state index in [2.05, 4.69) is 18.0 Å². The lowest BCUT2D eigenvalue weighted by Crippen LogP contribution is -2.14. The molecule has 1 aromatic heterocycles. The maximum Gasteiger partial charge on any atom is 0.219 e. The number of anilines is 1. The van der Waals surface area contributed by atoms with Crippen LogP contribution in [0.3, 0.4) is 0 Å². The van der Waals surface area contributed by atoms with Crippen LogP contribution in [0, 0.1) is 0 Å². The second kappa shape index (κ2) is 4.80. The van der Waals surface area contributed by atoms with Gasteiger partial charge in [-0.1, -0.05) is 13.0 Å². The third-order valence-corrected chi connectivity index (χ3v) is 3.26. The Labute approximate surface area is 112 Å². The smallest absolute Gasteiger partial charge is 0.219 e. The number of nitrogens with two attached hydrogens (primary N) is 1. The lowest BCUT2D eigenvalue weighted by molar-refractivity contribution is 0.189. The van der Waals surface area contributed by atoms with Gasteiger partial charge in [0.2, 0.25) is 5.88 Å². The molecule has 1 unspecified atom stereocenters. The first-order chi connectivity index (χ1) is 9.28. The molecule has 0 saturated heterocycles. The minimum atomic E-state index is 0.0868. The Morgan fingerprint density at radius 3 is 3.11 bits per heavy atom. The van der Waals surface area contributed by atoms with Crippen LogP contribution in [0.4, 0.5) is 5.69 Å². The number of nitrogens with zero attached hydrogens (tertiary/aromatic N) is 1. The summed E-state index contributed by atoms with van der Waals surface area (Å²) in [6.45, 7) is 2.10. The first-order valence-electron chi connectivity index (χ1n) is 6.43. The highest BCUT2D eigenvalue weighted by molar-refractivity contribution is 5.48. The summed E-state index contributed by atoms with van der Waals surface area (Å²) in [4.78, 5) is 4.16. The van der Waals surface area contributed by atoms with Gasteiger partial charge in [0.25, 0.3) is 0 Å². The highest BCUT2D eigenvalue weighted by atomic mass is 16.5. The highest BCUT2D eigenvalue weighted by Gasteiger charge is 2.29. The van der Waals surface area contributed by atoms with Crippen LogP contribution in [0.15, 0.2) is 53.6 Å². The lowest BCUT2D eigenvalue weighted by atomic mass is 9.94. The summed E-state index contributed by atoms with van der Waals surface area (Å²) in [5.74, 6) is 1.36. The second-order valence-corrected chi connectivity index (χ2v) is 4.59. The van der Waals surface area contributed by atoms with E-state index in [4.69, 9.17) is 15.2 Å². The highest BCUT2D eigenvalue weighted by Crippen LogP contribution is 2.36. The zero-order valence-corrected chi connectivity index (χ0v) is 10.8. The van der Waals surface area contributed by atoms with Crippen molar-refractivity contribution < 1.29 is 9.47 Å². The minimum Gasteiger partial charge on any atom is -0.493 e. The van der Waals surface area contributed by atoms with Gasteiger partial charge in [0.05, 0.1) is 18.1 Å². The number of ether oxygens (including phenoxy) is 2. The summed E-state index contributed by atoms with van der Waals surface area (Å²) in [5, 5.41) is 0. The topological polar surface area (TPSA) is 57.4 Å². The number of allylic oxidation sites excluding steroid dienone is 2. The van der Waals surface area contributed by atoms with Crippen LogP contribution in [-0.2, 0) is 4.74 Å². The fraction of sp³-hybridized carbons (Fsp3) is 0.267. The van der Waals surface area contributed by atoms with E-state index >= 15 is 0 Å². The van der Waals surface area contributed by atoms with Crippen molar-refractivity contribution in [3.8, 4) is 5.88 Å². The third kappa shape index (κ3) is 2.21. The maximum absolute atomic E-state index is 5.86. The third-order valence-electron chi connectivity index (χ3n) is 3.26. The van der Waals surface area contributed by atoms with Crippen molar-refractivity contribution in [3.05, 3.63) is 53.6 Å². The predicted molar refractivity (Wildman–Crippen MR) is 73.3 cm³/mol. The molecule has 0 saturated carbocycles. The molecule has 2 heterocycles. The molecule has 0 fully saturated rings. The van der Waals surface area contributed by atoms with Crippen molar-refractivity contribution in [2.75, 3.05) is 5.73 Å². The Morgan fingerprint density at radius 2 is 2.37 bits per heavy atom. The number of pyridine rings is 1. The van der Waals surface area contributed by atoms with Crippen molar-refractivity contribution in [3.63, 3.8) is 0 Å². The van der Waals surface area contributed by atoms with Crippen LogP contribution in [0.5, 0.6) is 5.88 Å². The Balaban J connectivity index is 1.91. The summed E-state index contributed by atoms with van der Waals surface area (Å²) < 4.78 is 11.5. The average Bonchev–Trinajstić information content (AvgIpc) is 2.85. The fourth-order valence-corrected chi connectivity index (χ4v) is 2.31. The molecule has 1 atom stereocenters. The number of nitrogen functional groups attached to an aromatic ring is 1. The van der Waals surface area contributed by atoms with Gasteiger partial charge in [-0.2, -0.15) is 0 Å². The molecule has 2 N–H and O–H groups in total. The summed E-state index contributed by atoms with van der Waals surface area (Å²) in [7, 11) is 0. The molecule has 2 aliphatic rings. The van der Waals surface area contributed by atoms with Crippen molar-refractivity contribution in [2.24, 2.45) is 0 Å². The van der Waals surface area contributed by atoms with Gasteiger partial charge in [-0.25, -0.2) is 4.98 Å². The predicted octanol–water partition coefficient (Wildman–Crippen LogP) is 2.95. The van der Waals surface area contributed by atoms with Crippen LogP contribution < -0.4 is 10.5 Å². The van der Waals surface area contributed by atoms with Crippen molar-refractivity contribution >= 4 is 5.69 Å². The van der Waals surface area contributed by atoms with Crippen molar-refractivity contribution in [1.29, 1.82) is 0 Å². The zero-order chi connectivity index (χ0) is 13.2. The maximum atomic E-state index is 5.86. The molecule has 19 heavy (non-hydrogen) atoms. The summed E-state index contributed by atoms with van der Waals surface area (Å²) in [6, 6.07) is 3.55. The number of hydrogen-bond donors (Lipinski definition) is 1. The average molecular weight is 256 g/mol. The molecule has 4 nitrogen and oxygen atoms in total. The lowest BCUT2D eigenvalue weighted by Gasteiger charge is -2.18. The molecule has 1 aromatic rings. The van der Waals surface area contributed by atoms with E-state index in [0.29, 0.717) is 11.6 Å². The van der Waals surface area contributed by atoms with Crippen molar-refractivity contribution in [2.45, 2.75) is 25.9 Å². The zero-order valence-electron chi connectivity index (χ0n) is 10.8. The Bertz CT molecular complexity index is 570. The fourth-order valence-electron chi connectivity index (χ4n) is 2.31. The van der Waals surface area contributed by atoms with E-state index in [1.165, 1.54) is 5.57 Å².